The molecule has 3 rings (SSSR count). The van der Waals surface area contributed by atoms with E-state index in [0.717, 1.165) is 23.3 Å². The summed E-state index contributed by atoms with van der Waals surface area (Å²) in [5, 5.41) is 1.06. The normalized spacial score (nSPS) is 27.5. The van der Waals surface area contributed by atoms with Crippen molar-refractivity contribution in [3.8, 4) is 0 Å². The van der Waals surface area contributed by atoms with E-state index in [4.69, 9.17) is 4.84 Å². The fraction of sp³-hybridized carbons (Fsp3) is 0.529. The maximum absolute atomic E-state index is 14.4. The van der Waals surface area contributed by atoms with Gasteiger partial charge in [-0.1, -0.05) is 0 Å². The largest absolute Gasteiger partial charge is 0.302 e. The summed E-state index contributed by atoms with van der Waals surface area (Å²) in [6, 6.07) is 2.43. The number of aldehydes is 1. The van der Waals surface area contributed by atoms with Crippen LogP contribution in [0.4, 0.5) is 13.2 Å². The molecule has 25 heavy (non-hydrogen) atoms. The lowest BCUT2D eigenvalue weighted by atomic mass is 9.93. The van der Waals surface area contributed by atoms with Crippen LogP contribution < -0.4 is 0 Å². The summed E-state index contributed by atoms with van der Waals surface area (Å²) in [4.78, 5) is 30.2. The summed E-state index contributed by atoms with van der Waals surface area (Å²) in [7, 11) is 0. The Bertz CT molecular complexity index is 638. The van der Waals surface area contributed by atoms with Gasteiger partial charge in [-0.2, -0.15) is 0 Å². The molecule has 0 radical (unpaired) electrons. The number of alkyl halides is 1. The van der Waals surface area contributed by atoms with Crippen molar-refractivity contribution in [2.24, 2.45) is 5.92 Å². The minimum atomic E-state index is -1.42. The molecule has 8 heteroatoms. The van der Waals surface area contributed by atoms with Crippen LogP contribution in [-0.2, 0) is 14.4 Å². The number of hydrogen-bond acceptors (Lipinski definition) is 4. The number of nitrogens with zero attached hydrogens (tertiary/aromatic N) is 2. The van der Waals surface area contributed by atoms with Crippen molar-refractivity contribution in [3.05, 3.63) is 35.4 Å². The molecule has 3 atom stereocenters. The molecule has 5 nitrogen and oxygen atoms in total. The average Bonchev–Trinajstić information content (AvgIpc) is 3.03. The minimum Gasteiger partial charge on any atom is -0.302 e. The van der Waals surface area contributed by atoms with Crippen LogP contribution in [0.25, 0.3) is 0 Å². The Morgan fingerprint density at radius 1 is 1.24 bits per heavy atom. The van der Waals surface area contributed by atoms with Crippen LogP contribution in [0.5, 0.6) is 0 Å². The molecule has 0 spiro atoms. The molecule has 1 aromatic carbocycles. The third-order valence-corrected chi connectivity index (χ3v) is 4.67. The Hall–Kier alpha value is -1.93. The number of hydrogen-bond donors (Lipinski definition) is 0. The Morgan fingerprint density at radius 3 is 2.60 bits per heavy atom. The van der Waals surface area contributed by atoms with Gasteiger partial charge in [0.2, 0.25) is 0 Å². The maximum atomic E-state index is 14.4. The minimum absolute atomic E-state index is 0.00223. The van der Waals surface area contributed by atoms with E-state index in [1.165, 1.54) is 0 Å². The number of halogens is 3. The Morgan fingerprint density at radius 2 is 1.96 bits per heavy atom. The van der Waals surface area contributed by atoms with Gasteiger partial charge in [-0.3, -0.25) is 14.5 Å². The van der Waals surface area contributed by atoms with Crippen LogP contribution in [-0.4, -0.2) is 54.6 Å². The van der Waals surface area contributed by atoms with E-state index in [1.54, 1.807) is 4.90 Å². The van der Waals surface area contributed by atoms with Crippen molar-refractivity contribution in [1.82, 2.24) is 9.96 Å². The molecule has 136 valence electrons. The van der Waals surface area contributed by atoms with Gasteiger partial charge in [0.25, 0.3) is 5.91 Å². The van der Waals surface area contributed by atoms with Gasteiger partial charge in [-0.05, 0) is 30.7 Å². The van der Waals surface area contributed by atoms with Gasteiger partial charge in [-0.15, -0.1) is 0 Å². The van der Waals surface area contributed by atoms with E-state index in [1.807, 2.05) is 0 Å². The topological polar surface area (TPSA) is 49.9 Å². The zero-order valence-corrected chi connectivity index (χ0v) is 13.5. The number of carbonyl (C=O) groups excluding carboxylic acids is 2. The molecule has 0 saturated carbocycles. The summed E-state index contributed by atoms with van der Waals surface area (Å²) < 4.78 is 41.3. The van der Waals surface area contributed by atoms with E-state index >= 15 is 0 Å². The summed E-state index contributed by atoms with van der Waals surface area (Å²) >= 11 is 0. The van der Waals surface area contributed by atoms with Crippen LogP contribution in [0.3, 0.4) is 0 Å². The van der Waals surface area contributed by atoms with Crippen molar-refractivity contribution < 1.29 is 27.6 Å². The van der Waals surface area contributed by atoms with Crippen molar-refractivity contribution in [2.45, 2.75) is 25.1 Å². The highest BCUT2D eigenvalue weighted by atomic mass is 19.1. The lowest BCUT2D eigenvalue weighted by Crippen LogP contribution is -2.48. The van der Waals surface area contributed by atoms with Crippen LogP contribution in [0.2, 0.25) is 0 Å². The maximum Gasteiger partial charge on any atom is 0.252 e. The molecule has 0 aliphatic carbocycles. The lowest BCUT2D eigenvalue weighted by molar-refractivity contribution is -0.185. The van der Waals surface area contributed by atoms with Crippen LogP contribution in [0.15, 0.2) is 18.2 Å². The second-order valence-electron chi connectivity index (χ2n) is 6.34. The molecule has 1 aromatic rings. The van der Waals surface area contributed by atoms with Gasteiger partial charge in [0.05, 0.1) is 25.1 Å². The molecule has 2 aliphatic rings. The first-order valence-electron chi connectivity index (χ1n) is 8.21. The van der Waals surface area contributed by atoms with Crippen LogP contribution in [0, 0.1) is 17.6 Å². The number of likely N-dealkylation sites (tertiary alicyclic amines) is 1. The van der Waals surface area contributed by atoms with E-state index in [-0.39, 0.29) is 31.7 Å². The predicted molar refractivity (Wildman–Crippen MR) is 82.0 cm³/mol. The summed E-state index contributed by atoms with van der Waals surface area (Å²) in [6.45, 7) is 0.785. The van der Waals surface area contributed by atoms with Gasteiger partial charge >= 0.3 is 0 Å². The molecule has 2 saturated heterocycles. The first-order valence-corrected chi connectivity index (χ1v) is 8.21. The Kier molecular flexibility index (Phi) is 5.39. The molecular weight excluding hydrogens is 337 g/mol. The number of rotatable bonds is 4. The van der Waals surface area contributed by atoms with E-state index in [2.05, 4.69) is 0 Å². The monoisotopic (exact) mass is 356 g/mol. The summed E-state index contributed by atoms with van der Waals surface area (Å²) in [6.07, 6.45) is -0.0733. The van der Waals surface area contributed by atoms with Gasteiger partial charge in [0.15, 0.2) is 0 Å². The fourth-order valence-corrected chi connectivity index (χ4v) is 3.44. The number of piperidine rings is 1. The standard InChI is InChI=1S/C17H19F3N2O3/c18-12-7-11(8-13(19)9-12)16-2-6-25-22(16)17(24)14-1-3-21(4-5-23)10-15(14)20/h5,7-9,14-16H,1-4,6,10H2. The summed E-state index contributed by atoms with van der Waals surface area (Å²) in [5.74, 6) is -2.88. The van der Waals surface area contributed by atoms with Crippen molar-refractivity contribution in [2.75, 3.05) is 26.2 Å². The fourth-order valence-electron chi connectivity index (χ4n) is 3.44. The van der Waals surface area contributed by atoms with Crippen molar-refractivity contribution in [1.29, 1.82) is 0 Å². The molecular formula is C17H19F3N2O3. The number of carbonyl (C=O) groups is 2. The second kappa shape index (κ2) is 7.53. The van der Waals surface area contributed by atoms with E-state index in [0.29, 0.717) is 19.3 Å². The third kappa shape index (κ3) is 3.85. The molecule has 1 amide bonds. The highest BCUT2D eigenvalue weighted by molar-refractivity contribution is 5.79. The molecule has 2 aliphatic heterocycles. The molecule has 0 N–H and O–H groups in total. The number of amides is 1. The van der Waals surface area contributed by atoms with Crippen molar-refractivity contribution >= 4 is 12.2 Å². The summed E-state index contributed by atoms with van der Waals surface area (Å²) in [5.41, 5.74) is 0.289. The highest BCUT2D eigenvalue weighted by Gasteiger charge is 2.41. The lowest BCUT2D eigenvalue weighted by Gasteiger charge is -2.35. The molecule has 2 fully saturated rings. The molecule has 0 bridgehead atoms. The Labute approximate surface area is 143 Å². The van der Waals surface area contributed by atoms with Gasteiger partial charge in [0.1, 0.15) is 24.1 Å². The Balaban J connectivity index is 1.74. The molecule has 2 heterocycles. The highest BCUT2D eigenvalue weighted by Crippen LogP contribution is 2.34. The smallest absolute Gasteiger partial charge is 0.252 e. The average molecular weight is 356 g/mol. The zero-order valence-electron chi connectivity index (χ0n) is 13.5. The predicted octanol–water partition coefficient (Wildman–Crippen LogP) is 2.03. The van der Waals surface area contributed by atoms with Crippen LogP contribution in [0.1, 0.15) is 24.4 Å². The van der Waals surface area contributed by atoms with Gasteiger partial charge < -0.3 is 4.79 Å². The SMILES string of the molecule is O=CCN1CCC(C(=O)N2OCCC2c2cc(F)cc(F)c2)C(F)C1. The first kappa shape index (κ1) is 17.9. The third-order valence-electron chi connectivity index (χ3n) is 4.67. The van der Waals surface area contributed by atoms with E-state index in [9.17, 15) is 22.8 Å². The van der Waals surface area contributed by atoms with Crippen molar-refractivity contribution in [3.63, 3.8) is 0 Å². The molecule has 0 aromatic heterocycles. The van der Waals surface area contributed by atoms with Gasteiger partial charge in [-0.25, -0.2) is 18.2 Å². The number of hydroxylamine groups is 2. The van der Waals surface area contributed by atoms with Crippen LogP contribution >= 0.6 is 0 Å². The quantitative estimate of drug-likeness (QED) is 0.775. The van der Waals surface area contributed by atoms with E-state index < -0.39 is 35.7 Å². The molecule has 3 unspecified atom stereocenters. The van der Waals surface area contributed by atoms with Gasteiger partial charge in [0, 0.05) is 19.0 Å². The second-order valence-corrected chi connectivity index (χ2v) is 6.34. The number of benzene rings is 1. The zero-order chi connectivity index (χ0) is 18.0. The first-order chi connectivity index (χ1) is 12.0.